The van der Waals surface area contributed by atoms with Crippen molar-refractivity contribution in [3.63, 3.8) is 0 Å². The molecule has 0 aromatic heterocycles. The van der Waals surface area contributed by atoms with E-state index in [0.29, 0.717) is 5.92 Å². The fourth-order valence-electron chi connectivity index (χ4n) is 2.31. The largest absolute Gasteiger partial charge is 0.314 e. The minimum atomic E-state index is -0.330. The highest BCUT2D eigenvalue weighted by Gasteiger charge is 2.21. The maximum Gasteiger partial charge on any atom is 0.141 e. The van der Waals surface area contributed by atoms with Crippen molar-refractivity contribution in [2.45, 2.75) is 45.1 Å². The van der Waals surface area contributed by atoms with Crippen LogP contribution >= 0.6 is 11.6 Å². The van der Waals surface area contributed by atoms with Crippen LogP contribution in [-0.4, -0.2) is 12.6 Å². The lowest BCUT2D eigenvalue weighted by Gasteiger charge is -2.17. The lowest BCUT2D eigenvalue weighted by molar-refractivity contribution is 0.437. The summed E-state index contributed by atoms with van der Waals surface area (Å²) in [4.78, 5) is 0. The van der Waals surface area contributed by atoms with Gasteiger partial charge in [-0.25, -0.2) is 4.39 Å². The summed E-state index contributed by atoms with van der Waals surface area (Å²) in [6, 6.07) is 5.83. The fraction of sp³-hybridized carbons (Fsp3) is 0.600. The van der Waals surface area contributed by atoms with Crippen molar-refractivity contribution in [1.29, 1.82) is 0 Å². The molecule has 1 N–H and O–H groups in total. The van der Waals surface area contributed by atoms with Gasteiger partial charge in [0, 0.05) is 6.04 Å². The van der Waals surface area contributed by atoms with Crippen molar-refractivity contribution in [3.05, 3.63) is 34.6 Å². The van der Waals surface area contributed by atoms with E-state index >= 15 is 0 Å². The van der Waals surface area contributed by atoms with Crippen molar-refractivity contribution in [2.24, 2.45) is 5.92 Å². The molecule has 1 atom stereocenters. The number of rotatable bonds is 7. The Morgan fingerprint density at radius 1 is 1.44 bits per heavy atom. The third-order valence-corrected chi connectivity index (χ3v) is 3.77. The number of hydrogen-bond donors (Lipinski definition) is 1. The molecular weight excluding hydrogens is 249 g/mol. The molecule has 100 valence electrons. The Bertz CT molecular complexity index is 390. The van der Waals surface area contributed by atoms with Gasteiger partial charge in [0.25, 0.3) is 0 Å². The number of nitrogens with one attached hydrogen (secondary N) is 1. The first-order valence-electron chi connectivity index (χ1n) is 6.86. The minimum absolute atomic E-state index is 0.234. The summed E-state index contributed by atoms with van der Waals surface area (Å²) in [6.45, 7) is 3.27. The van der Waals surface area contributed by atoms with E-state index in [4.69, 9.17) is 11.6 Å². The van der Waals surface area contributed by atoms with Crippen LogP contribution in [0.15, 0.2) is 18.2 Å². The molecule has 0 amide bonds. The van der Waals surface area contributed by atoms with Gasteiger partial charge < -0.3 is 5.32 Å². The second kappa shape index (κ2) is 6.53. The average Bonchev–Trinajstić information content (AvgIpc) is 3.15. The van der Waals surface area contributed by atoms with Crippen LogP contribution in [0, 0.1) is 11.7 Å². The molecule has 0 saturated heterocycles. The molecule has 0 heterocycles. The normalized spacial score (nSPS) is 16.8. The van der Waals surface area contributed by atoms with E-state index in [1.807, 2.05) is 6.07 Å². The van der Waals surface area contributed by atoms with Crippen LogP contribution in [0.2, 0.25) is 5.02 Å². The van der Waals surface area contributed by atoms with Gasteiger partial charge in [0.05, 0.1) is 5.02 Å². The van der Waals surface area contributed by atoms with Crippen LogP contribution in [0.4, 0.5) is 4.39 Å². The summed E-state index contributed by atoms with van der Waals surface area (Å²) in [5.74, 6) is 0.292. The van der Waals surface area contributed by atoms with E-state index in [1.54, 1.807) is 6.07 Å². The average molecular weight is 270 g/mol. The first-order chi connectivity index (χ1) is 8.69. The lowest BCUT2D eigenvalue weighted by Crippen LogP contribution is -2.26. The quantitative estimate of drug-likeness (QED) is 0.783. The molecule has 18 heavy (non-hydrogen) atoms. The van der Waals surface area contributed by atoms with E-state index in [-0.39, 0.29) is 10.8 Å². The monoisotopic (exact) mass is 269 g/mol. The molecule has 1 aliphatic carbocycles. The topological polar surface area (TPSA) is 12.0 Å². The van der Waals surface area contributed by atoms with Crippen molar-refractivity contribution < 1.29 is 4.39 Å². The third kappa shape index (κ3) is 4.25. The molecule has 1 unspecified atom stereocenters. The van der Waals surface area contributed by atoms with E-state index in [0.717, 1.165) is 24.6 Å². The number of benzene rings is 1. The molecule has 0 aliphatic heterocycles. The smallest absolute Gasteiger partial charge is 0.141 e. The van der Waals surface area contributed by atoms with Gasteiger partial charge in [-0.05, 0) is 55.8 Å². The molecule has 1 aliphatic rings. The van der Waals surface area contributed by atoms with Gasteiger partial charge in [0.15, 0.2) is 0 Å². The molecule has 3 heteroatoms. The Morgan fingerprint density at radius 3 is 2.83 bits per heavy atom. The summed E-state index contributed by atoms with van der Waals surface area (Å²) in [5, 5.41) is 3.81. The Balaban J connectivity index is 1.90. The predicted molar refractivity (Wildman–Crippen MR) is 74.5 cm³/mol. The fourth-order valence-corrected chi connectivity index (χ4v) is 2.51. The summed E-state index contributed by atoms with van der Waals surface area (Å²) in [5.41, 5.74) is 1.14. The van der Waals surface area contributed by atoms with Crippen LogP contribution in [0.5, 0.6) is 0 Å². The molecule has 1 saturated carbocycles. The Morgan fingerprint density at radius 2 is 2.22 bits per heavy atom. The molecule has 0 bridgehead atoms. The molecule has 2 rings (SSSR count). The van der Waals surface area contributed by atoms with Crippen LogP contribution in [0.1, 0.15) is 38.2 Å². The molecule has 1 nitrogen and oxygen atoms in total. The minimum Gasteiger partial charge on any atom is -0.314 e. The van der Waals surface area contributed by atoms with Gasteiger partial charge in [0.2, 0.25) is 0 Å². The molecule has 0 spiro atoms. The summed E-state index contributed by atoms with van der Waals surface area (Å²) in [7, 11) is 0. The molecule has 0 radical (unpaired) electrons. The van der Waals surface area contributed by atoms with Crippen molar-refractivity contribution in [1.82, 2.24) is 5.32 Å². The van der Waals surface area contributed by atoms with Gasteiger partial charge in [-0.15, -0.1) is 0 Å². The van der Waals surface area contributed by atoms with Crippen LogP contribution < -0.4 is 5.32 Å². The zero-order chi connectivity index (χ0) is 13.0. The lowest BCUT2D eigenvalue weighted by atomic mass is 9.95. The van der Waals surface area contributed by atoms with E-state index in [1.165, 1.54) is 31.7 Å². The van der Waals surface area contributed by atoms with Crippen molar-refractivity contribution in [3.8, 4) is 0 Å². The van der Waals surface area contributed by atoms with Gasteiger partial charge in [0.1, 0.15) is 5.82 Å². The van der Waals surface area contributed by atoms with Gasteiger partial charge in [-0.2, -0.15) is 0 Å². The SMILES string of the molecule is CCCC(CNC1CC1)Cc1ccc(F)c(Cl)c1. The van der Waals surface area contributed by atoms with Crippen molar-refractivity contribution in [2.75, 3.05) is 6.54 Å². The van der Waals surface area contributed by atoms with Crippen molar-refractivity contribution >= 4 is 11.6 Å². The van der Waals surface area contributed by atoms with Gasteiger partial charge in [-0.1, -0.05) is 31.0 Å². The van der Waals surface area contributed by atoms with Gasteiger partial charge in [-0.3, -0.25) is 0 Å². The summed E-state index contributed by atoms with van der Waals surface area (Å²) in [6.07, 6.45) is 6.01. The maximum atomic E-state index is 13.1. The van der Waals surface area contributed by atoms with Gasteiger partial charge >= 0.3 is 0 Å². The second-order valence-electron chi connectivity index (χ2n) is 5.29. The number of hydrogen-bond acceptors (Lipinski definition) is 1. The van der Waals surface area contributed by atoms with Crippen LogP contribution in [0.25, 0.3) is 0 Å². The maximum absolute atomic E-state index is 13.1. The Labute approximate surface area is 114 Å². The first-order valence-corrected chi connectivity index (χ1v) is 7.24. The predicted octanol–water partition coefficient (Wildman–Crippen LogP) is 4.19. The third-order valence-electron chi connectivity index (χ3n) is 3.48. The molecule has 1 fully saturated rings. The summed E-state index contributed by atoms with van der Waals surface area (Å²) < 4.78 is 13.1. The second-order valence-corrected chi connectivity index (χ2v) is 5.70. The molecule has 1 aromatic rings. The Hall–Kier alpha value is -0.600. The highest BCUT2D eigenvalue weighted by Crippen LogP contribution is 2.22. The molecule has 1 aromatic carbocycles. The standard InChI is InChI=1S/C15H21ClFN/c1-2-3-12(10-18-13-5-6-13)8-11-4-7-15(17)14(16)9-11/h4,7,9,12-13,18H,2-3,5-6,8,10H2,1H3. The first kappa shape index (κ1) is 13.8. The zero-order valence-corrected chi connectivity index (χ0v) is 11.6. The summed E-state index contributed by atoms with van der Waals surface area (Å²) >= 11 is 5.82. The van der Waals surface area contributed by atoms with E-state index in [2.05, 4.69) is 12.2 Å². The number of halogens is 2. The Kier molecular flexibility index (Phi) is 5.02. The van der Waals surface area contributed by atoms with E-state index in [9.17, 15) is 4.39 Å². The van der Waals surface area contributed by atoms with Crippen LogP contribution in [-0.2, 0) is 6.42 Å². The highest BCUT2D eigenvalue weighted by atomic mass is 35.5. The highest BCUT2D eigenvalue weighted by molar-refractivity contribution is 6.30. The van der Waals surface area contributed by atoms with E-state index < -0.39 is 0 Å². The van der Waals surface area contributed by atoms with Crippen LogP contribution in [0.3, 0.4) is 0 Å². The molecular formula is C15H21ClFN. The zero-order valence-electron chi connectivity index (χ0n) is 10.9.